The standard InChI is InChI=1S/C15H24N2OS/c1-13-5-2-8-17(12-13)9-4-7-16-15(18)11-14-6-3-10-19-14/h3,6,10,13H,2,4-5,7-9,11-12H2,1H3,(H,16,18). The van der Waals surface area contributed by atoms with Crippen LogP contribution in [0.1, 0.15) is 31.1 Å². The van der Waals surface area contributed by atoms with Crippen LogP contribution in [0.4, 0.5) is 0 Å². The van der Waals surface area contributed by atoms with Crippen molar-refractivity contribution in [2.45, 2.75) is 32.6 Å². The molecule has 4 heteroatoms. The van der Waals surface area contributed by atoms with E-state index in [4.69, 9.17) is 0 Å². The first-order valence-electron chi connectivity index (χ1n) is 7.25. The minimum Gasteiger partial charge on any atom is -0.356 e. The maximum atomic E-state index is 11.7. The van der Waals surface area contributed by atoms with Gasteiger partial charge in [-0.1, -0.05) is 13.0 Å². The SMILES string of the molecule is CC1CCCN(CCCNC(=O)Cc2cccs2)C1. The maximum Gasteiger partial charge on any atom is 0.225 e. The first-order chi connectivity index (χ1) is 9.24. The highest BCUT2D eigenvalue weighted by molar-refractivity contribution is 7.10. The second-order valence-electron chi connectivity index (χ2n) is 5.51. The Morgan fingerprint density at radius 1 is 1.58 bits per heavy atom. The summed E-state index contributed by atoms with van der Waals surface area (Å²) in [4.78, 5) is 15.4. The van der Waals surface area contributed by atoms with E-state index in [9.17, 15) is 4.79 Å². The summed E-state index contributed by atoms with van der Waals surface area (Å²) >= 11 is 1.64. The molecule has 1 aromatic rings. The minimum atomic E-state index is 0.148. The van der Waals surface area contributed by atoms with Crippen LogP contribution in [-0.2, 0) is 11.2 Å². The van der Waals surface area contributed by atoms with Crippen LogP contribution in [0.25, 0.3) is 0 Å². The normalized spacial score (nSPS) is 20.4. The van der Waals surface area contributed by atoms with Crippen LogP contribution in [0.5, 0.6) is 0 Å². The Morgan fingerprint density at radius 2 is 2.47 bits per heavy atom. The summed E-state index contributed by atoms with van der Waals surface area (Å²) in [7, 11) is 0. The van der Waals surface area contributed by atoms with Gasteiger partial charge in [-0.15, -0.1) is 11.3 Å². The summed E-state index contributed by atoms with van der Waals surface area (Å²) < 4.78 is 0. The van der Waals surface area contributed by atoms with Crippen LogP contribution < -0.4 is 5.32 Å². The highest BCUT2D eigenvalue weighted by Crippen LogP contribution is 2.15. The number of piperidine rings is 1. The van der Waals surface area contributed by atoms with Gasteiger partial charge in [-0.05, 0) is 49.7 Å². The predicted molar refractivity (Wildman–Crippen MR) is 80.5 cm³/mol. The highest BCUT2D eigenvalue weighted by atomic mass is 32.1. The molecule has 1 saturated heterocycles. The van der Waals surface area contributed by atoms with E-state index in [1.54, 1.807) is 11.3 Å². The molecule has 19 heavy (non-hydrogen) atoms. The highest BCUT2D eigenvalue weighted by Gasteiger charge is 2.15. The van der Waals surface area contributed by atoms with Crippen molar-refractivity contribution in [3.05, 3.63) is 22.4 Å². The molecular formula is C15H24N2OS. The largest absolute Gasteiger partial charge is 0.356 e. The Hall–Kier alpha value is -0.870. The molecule has 2 heterocycles. The molecule has 1 amide bonds. The first kappa shape index (κ1) is 14.5. The predicted octanol–water partition coefficient (Wildman–Crippen LogP) is 2.53. The van der Waals surface area contributed by atoms with Crippen molar-refractivity contribution in [1.29, 1.82) is 0 Å². The third-order valence-electron chi connectivity index (χ3n) is 3.63. The number of carbonyl (C=O) groups excluding carboxylic acids is 1. The zero-order valence-corrected chi connectivity index (χ0v) is 12.5. The third kappa shape index (κ3) is 5.33. The number of carbonyl (C=O) groups is 1. The van der Waals surface area contributed by atoms with Gasteiger partial charge in [0, 0.05) is 18.0 Å². The smallest absolute Gasteiger partial charge is 0.225 e. The molecule has 1 aliphatic rings. The zero-order valence-electron chi connectivity index (χ0n) is 11.7. The number of hydrogen-bond acceptors (Lipinski definition) is 3. The second-order valence-corrected chi connectivity index (χ2v) is 6.54. The lowest BCUT2D eigenvalue weighted by molar-refractivity contribution is -0.120. The van der Waals surface area contributed by atoms with Gasteiger partial charge in [0.05, 0.1) is 6.42 Å². The molecule has 1 N–H and O–H groups in total. The van der Waals surface area contributed by atoms with E-state index >= 15 is 0 Å². The van der Waals surface area contributed by atoms with Gasteiger partial charge in [0.25, 0.3) is 0 Å². The second kappa shape index (κ2) is 7.65. The number of nitrogens with zero attached hydrogens (tertiary/aromatic N) is 1. The molecule has 1 unspecified atom stereocenters. The molecule has 2 rings (SSSR count). The maximum absolute atomic E-state index is 11.7. The van der Waals surface area contributed by atoms with E-state index in [0.29, 0.717) is 6.42 Å². The Bertz CT molecular complexity index is 378. The van der Waals surface area contributed by atoms with Crippen molar-refractivity contribution in [3.63, 3.8) is 0 Å². The lowest BCUT2D eigenvalue weighted by Gasteiger charge is -2.30. The van der Waals surface area contributed by atoms with Gasteiger partial charge in [0.15, 0.2) is 0 Å². The van der Waals surface area contributed by atoms with E-state index in [2.05, 4.69) is 17.1 Å². The van der Waals surface area contributed by atoms with Crippen LogP contribution >= 0.6 is 11.3 Å². The monoisotopic (exact) mass is 280 g/mol. The van der Waals surface area contributed by atoms with Crippen molar-refractivity contribution in [3.8, 4) is 0 Å². The average Bonchev–Trinajstić information content (AvgIpc) is 2.87. The number of likely N-dealkylation sites (tertiary alicyclic amines) is 1. The Balaban J connectivity index is 1.55. The number of thiophene rings is 1. The van der Waals surface area contributed by atoms with Crippen molar-refractivity contribution < 1.29 is 4.79 Å². The molecule has 1 fully saturated rings. The molecule has 0 radical (unpaired) electrons. The molecule has 3 nitrogen and oxygen atoms in total. The Labute approximate surface area is 120 Å². The molecule has 1 atom stereocenters. The summed E-state index contributed by atoms with van der Waals surface area (Å²) in [6, 6.07) is 4.00. The number of amides is 1. The van der Waals surface area contributed by atoms with E-state index in [-0.39, 0.29) is 5.91 Å². The molecule has 0 saturated carbocycles. The molecule has 0 aromatic carbocycles. The van der Waals surface area contributed by atoms with Gasteiger partial charge < -0.3 is 10.2 Å². The fourth-order valence-electron chi connectivity index (χ4n) is 2.65. The topological polar surface area (TPSA) is 32.3 Å². The summed E-state index contributed by atoms with van der Waals surface area (Å²) in [6.07, 6.45) is 4.28. The number of hydrogen-bond donors (Lipinski definition) is 1. The summed E-state index contributed by atoms with van der Waals surface area (Å²) in [5, 5.41) is 5.03. The van der Waals surface area contributed by atoms with E-state index in [1.807, 2.05) is 17.5 Å². The van der Waals surface area contributed by atoms with Crippen LogP contribution in [0.2, 0.25) is 0 Å². The van der Waals surface area contributed by atoms with Gasteiger partial charge in [-0.2, -0.15) is 0 Å². The molecule has 106 valence electrons. The summed E-state index contributed by atoms with van der Waals surface area (Å²) in [5.74, 6) is 0.983. The third-order valence-corrected chi connectivity index (χ3v) is 4.51. The van der Waals surface area contributed by atoms with Gasteiger partial charge >= 0.3 is 0 Å². The Morgan fingerprint density at radius 3 is 3.21 bits per heavy atom. The van der Waals surface area contributed by atoms with E-state index in [0.717, 1.165) is 30.3 Å². The van der Waals surface area contributed by atoms with Crippen LogP contribution in [0.15, 0.2) is 17.5 Å². The molecular weight excluding hydrogens is 256 g/mol. The van der Waals surface area contributed by atoms with Crippen molar-refractivity contribution >= 4 is 17.2 Å². The number of rotatable bonds is 6. The number of nitrogens with one attached hydrogen (secondary N) is 1. The van der Waals surface area contributed by atoms with Crippen molar-refractivity contribution in [2.24, 2.45) is 5.92 Å². The van der Waals surface area contributed by atoms with E-state index in [1.165, 1.54) is 25.9 Å². The zero-order chi connectivity index (χ0) is 13.5. The van der Waals surface area contributed by atoms with Crippen LogP contribution in [0, 0.1) is 5.92 Å². The lowest BCUT2D eigenvalue weighted by Crippen LogP contribution is -2.36. The van der Waals surface area contributed by atoms with Gasteiger partial charge in [-0.25, -0.2) is 0 Å². The van der Waals surface area contributed by atoms with Gasteiger partial charge in [0.1, 0.15) is 0 Å². The summed E-state index contributed by atoms with van der Waals surface area (Å²) in [5.41, 5.74) is 0. The Kier molecular flexibility index (Phi) is 5.86. The fourth-order valence-corrected chi connectivity index (χ4v) is 3.36. The molecule has 0 aliphatic carbocycles. The van der Waals surface area contributed by atoms with E-state index < -0.39 is 0 Å². The molecule has 1 aliphatic heterocycles. The fraction of sp³-hybridized carbons (Fsp3) is 0.667. The quantitative estimate of drug-likeness (QED) is 0.812. The molecule has 0 bridgehead atoms. The summed E-state index contributed by atoms with van der Waals surface area (Å²) in [6.45, 7) is 6.70. The van der Waals surface area contributed by atoms with Gasteiger partial charge in [-0.3, -0.25) is 4.79 Å². The minimum absolute atomic E-state index is 0.148. The van der Waals surface area contributed by atoms with Crippen LogP contribution in [0.3, 0.4) is 0 Å². The lowest BCUT2D eigenvalue weighted by atomic mass is 10.0. The van der Waals surface area contributed by atoms with Gasteiger partial charge in [0.2, 0.25) is 5.91 Å². The average molecular weight is 280 g/mol. The molecule has 1 aromatic heterocycles. The van der Waals surface area contributed by atoms with Crippen molar-refractivity contribution in [2.75, 3.05) is 26.2 Å². The molecule has 0 spiro atoms. The first-order valence-corrected chi connectivity index (χ1v) is 8.13. The van der Waals surface area contributed by atoms with Crippen molar-refractivity contribution in [1.82, 2.24) is 10.2 Å². The van der Waals surface area contributed by atoms with Crippen LogP contribution in [-0.4, -0.2) is 37.0 Å².